The summed E-state index contributed by atoms with van der Waals surface area (Å²) in [5, 5.41) is 3.04. The fraction of sp³-hybridized carbons (Fsp3) is 0.182. The number of thiazole rings is 1. The number of carbonyl (C=O) groups excluding carboxylic acids is 1. The van der Waals surface area contributed by atoms with Gasteiger partial charge in [0.05, 0.1) is 21.8 Å². The molecule has 0 unspecified atom stereocenters. The van der Waals surface area contributed by atoms with Crippen LogP contribution in [0.1, 0.15) is 33.2 Å². The van der Waals surface area contributed by atoms with Crippen LogP contribution < -0.4 is 0 Å². The van der Waals surface area contributed by atoms with Crippen molar-refractivity contribution in [1.82, 2.24) is 9.88 Å². The van der Waals surface area contributed by atoms with Gasteiger partial charge in [-0.2, -0.15) is 0 Å². The molecule has 4 rings (SSSR count). The Morgan fingerprint density at radius 1 is 1.11 bits per heavy atom. The Morgan fingerprint density at radius 3 is 2.68 bits per heavy atom. The van der Waals surface area contributed by atoms with Gasteiger partial charge >= 0.3 is 0 Å². The van der Waals surface area contributed by atoms with Crippen LogP contribution >= 0.6 is 34.4 Å². The molecule has 0 aliphatic rings. The molecule has 1 atom stereocenters. The van der Waals surface area contributed by atoms with Crippen molar-refractivity contribution in [2.45, 2.75) is 23.6 Å². The SMILES string of the molecule is C[C@@H](c1nc2ccccc2s1)N(C)C(=O)c1ccccc1SCc1cccs1. The molecular formula is C22H20N2OS3. The molecule has 2 aromatic heterocycles. The van der Waals surface area contributed by atoms with Gasteiger partial charge in [-0.3, -0.25) is 4.79 Å². The molecule has 0 saturated carbocycles. The molecule has 0 radical (unpaired) electrons. The van der Waals surface area contributed by atoms with Crippen LogP contribution in [0, 0.1) is 0 Å². The number of hydrogen-bond acceptors (Lipinski definition) is 5. The van der Waals surface area contributed by atoms with Crippen LogP contribution in [0.2, 0.25) is 0 Å². The summed E-state index contributed by atoms with van der Waals surface area (Å²) in [4.78, 5) is 22.1. The summed E-state index contributed by atoms with van der Waals surface area (Å²) < 4.78 is 1.15. The zero-order valence-electron chi connectivity index (χ0n) is 15.7. The Labute approximate surface area is 177 Å². The molecule has 0 N–H and O–H groups in total. The summed E-state index contributed by atoms with van der Waals surface area (Å²) in [6.45, 7) is 2.04. The van der Waals surface area contributed by atoms with Crippen molar-refractivity contribution in [3.8, 4) is 0 Å². The maximum absolute atomic E-state index is 13.2. The molecule has 0 aliphatic carbocycles. The quantitative estimate of drug-likeness (QED) is 0.332. The Hall–Kier alpha value is -2.15. The van der Waals surface area contributed by atoms with Gasteiger partial charge in [0.1, 0.15) is 5.01 Å². The van der Waals surface area contributed by atoms with Crippen molar-refractivity contribution in [2.24, 2.45) is 0 Å². The fourth-order valence-corrected chi connectivity index (χ4v) is 5.79. The zero-order valence-corrected chi connectivity index (χ0v) is 18.1. The first kappa shape index (κ1) is 19.2. The zero-order chi connectivity index (χ0) is 19.5. The third-order valence-electron chi connectivity index (χ3n) is 4.64. The highest BCUT2D eigenvalue weighted by atomic mass is 32.2. The van der Waals surface area contributed by atoms with Crippen LogP contribution in [-0.2, 0) is 5.75 Å². The lowest BCUT2D eigenvalue weighted by Crippen LogP contribution is -2.30. The topological polar surface area (TPSA) is 33.2 Å². The number of amides is 1. The van der Waals surface area contributed by atoms with E-state index >= 15 is 0 Å². The van der Waals surface area contributed by atoms with E-state index in [2.05, 4.69) is 23.6 Å². The highest BCUT2D eigenvalue weighted by molar-refractivity contribution is 7.98. The van der Waals surface area contributed by atoms with Gasteiger partial charge in [-0.1, -0.05) is 30.3 Å². The number of benzene rings is 2. The minimum Gasteiger partial charge on any atom is -0.332 e. The number of rotatable bonds is 6. The lowest BCUT2D eigenvalue weighted by molar-refractivity contribution is 0.0739. The molecule has 28 heavy (non-hydrogen) atoms. The maximum Gasteiger partial charge on any atom is 0.255 e. The van der Waals surface area contributed by atoms with Gasteiger partial charge < -0.3 is 4.90 Å². The van der Waals surface area contributed by atoms with E-state index in [4.69, 9.17) is 4.98 Å². The van der Waals surface area contributed by atoms with E-state index < -0.39 is 0 Å². The molecule has 6 heteroatoms. The van der Waals surface area contributed by atoms with Crippen LogP contribution in [0.4, 0.5) is 0 Å². The Morgan fingerprint density at radius 2 is 1.89 bits per heavy atom. The van der Waals surface area contributed by atoms with E-state index in [1.54, 1.807) is 39.3 Å². The number of carbonyl (C=O) groups is 1. The van der Waals surface area contributed by atoms with Crippen molar-refractivity contribution in [3.05, 3.63) is 81.5 Å². The van der Waals surface area contributed by atoms with Gasteiger partial charge in [-0.05, 0) is 42.6 Å². The Kier molecular flexibility index (Phi) is 5.80. The summed E-state index contributed by atoms with van der Waals surface area (Å²) in [6, 6.07) is 20.1. The molecule has 0 saturated heterocycles. The molecule has 142 valence electrons. The molecule has 2 heterocycles. The summed E-state index contributed by atoms with van der Waals surface area (Å²) in [5.41, 5.74) is 1.74. The standard InChI is InChI=1S/C22H20N2OS3/c1-15(21-23-18-10-4-6-12-20(18)28-21)24(2)22(25)17-9-3-5-11-19(17)27-14-16-8-7-13-26-16/h3-13,15H,14H2,1-2H3/t15-/m0/s1. The number of thiophene rings is 1. The number of fused-ring (bicyclic) bond motifs is 1. The largest absolute Gasteiger partial charge is 0.332 e. The summed E-state index contributed by atoms with van der Waals surface area (Å²) in [6.07, 6.45) is 0. The van der Waals surface area contributed by atoms with Crippen LogP contribution in [0.5, 0.6) is 0 Å². The van der Waals surface area contributed by atoms with Crippen LogP contribution in [0.3, 0.4) is 0 Å². The van der Waals surface area contributed by atoms with E-state index in [0.717, 1.165) is 31.4 Å². The second-order valence-electron chi connectivity index (χ2n) is 6.48. The first-order valence-corrected chi connectivity index (χ1v) is 11.7. The number of hydrogen-bond donors (Lipinski definition) is 0. The van der Waals surface area contributed by atoms with Crippen molar-refractivity contribution in [1.29, 1.82) is 0 Å². The molecule has 1 amide bonds. The first-order valence-electron chi connectivity index (χ1n) is 9.00. The molecule has 2 aromatic carbocycles. The predicted molar refractivity (Wildman–Crippen MR) is 120 cm³/mol. The van der Waals surface area contributed by atoms with Crippen molar-refractivity contribution in [3.63, 3.8) is 0 Å². The van der Waals surface area contributed by atoms with Gasteiger partial charge in [0.2, 0.25) is 0 Å². The second kappa shape index (κ2) is 8.47. The molecule has 0 fully saturated rings. The van der Waals surface area contributed by atoms with Crippen LogP contribution in [-0.4, -0.2) is 22.8 Å². The minimum atomic E-state index is -0.0831. The van der Waals surface area contributed by atoms with E-state index in [1.807, 2.05) is 56.4 Å². The highest BCUT2D eigenvalue weighted by Gasteiger charge is 2.23. The van der Waals surface area contributed by atoms with E-state index in [1.165, 1.54) is 4.88 Å². The van der Waals surface area contributed by atoms with E-state index in [-0.39, 0.29) is 11.9 Å². The monoisotopic (exact) mass is 424 g/mol. The van der Waals surface area contributed by atoms with E-state index in [9.17, 15) is 4.79 Å². The lowest BCUT2D eigenvalue weighted by atomic mass is 10.2. The second-order valence-corrected chi connectivity index (χ2v) is 9.59. The van der Waals surface area contributed by atoms with Crippen molar-refractivity contribution < 1.29 is 4.79 Å². The molecule has 0 bridgehead atoms. The summed E-state index contributed by atoms with van der Waals surface area (Å²) in [5.74, 6) is 0.903. The maximum atomic E-state index is 13.2. The fourth-order valence-electron chi connectivity index (χ4n) is 2.91. The van der Waals surface area contributed by atoms with Crippen LogP contribution in [0.25, 0.3) is 10.2 Å². The molecule has 0 aliphatic heterocycles. The van der Waals surface area contributed by atoms with Gasteiger partial charge in [-0.15, -0.1) is 34.4 Å². The van der Waals surface area contributed by atoms with Gasteiger partial charge in [-0.25, -0.2) is 4.98 Å². The van der Waals surface area contributed by atoms with Gasteiger partial charge in [0, 0.05) is 22.6 Å². The predicted octanol–water partition coefficient (Wildman–Crippen LogP) is 6.48. The molecule has 4 aromatic rings. The first-order chi connectivity index (χ1) is 13.6. The lowest BCUT2D eigenvalue weighted by Gasteiger charge is -2.24. The number of nitrogens with zero attached hydrogens (tertiary/aromatic N) is 2. The third kappa shape index (κ3) is 3.99. The summed E-state index contributed by atoms with van der Waals surface area (Å²) in [7, 11) is 1.86. The van der Waals surface area contributed by atoms with Crippen molar-refractivity contribution in [2.75, 3.05) is 7.05 Å². The summed E-state index contributed by atoms with van der Waals surface area (Å²) >= 11 is 5.11. The minimum absolute atomic E-state index is 0.0287. The van der Waals surface area contributed by atoms with Crippen molar-refractivity contribution >= 4 is 50.6 Å². The average molecular weight is 425 g/mol. The molecule has 3 nitrogen and oxygen atoms in total. The number of aromatic nitrogens is 1. The van der Waals surface area contributed by atoms with Gasteiger partial charge in [0.25, 0.3) is 5.91 Å². The van der Waals surface area contributed by atoms with Crippen LogP contribution in [0.15, 0.2) is 70.9 Å². The smallest absolute Gasteiger partial charge is 0.255 e. The number of thioether (sulfide) groups is 1. The highest BCUT2D eigenvalue weighted by Crippen LogP contribution is 2.32. The Balaban J connectivity index is 1.54. The average Bonchev–Trinajstić information content (AvgIpc) is 3.40. The normalized spacial score (nSPS) is 12.2. The molecular weight excluding hydrogens is 404 g/mol. The van der Waals surface area contributed by atoms with Gasteiger partial charge in [0.15, 0.2) is 0 Å². The third-order valence-corrected chi connectivity index (χ3v) is 8.02. The molecule has 0 spiro atoms. The van der Waals surface area contributed by atoms with E-state index in [0.29, 0.717) is 0 Å². The number of para-hydroxylation sites is 1. The Bertz CT molecular complexity index is 1060.